The van der Waals surface area contributed by atoms with Crippen LogP contribution in [0.4, 0.5) is 5.95 Å². The maximum atomic E-state index is 8.65. The Balaban J connectivity index is 2.85. The number of aryl methyl sites for hydroxylation is 1. The molecular weight excluding hydrogens is 234 g/mol. The highest BCUT2D eigenvalue weighted by molar-refractivity contribution is 5.95. The first-order valence-corrected chi connectivity index (χ1v) is 5.62. The highest BCUT2D eigenvalue weighted by atomic mass is 16.5. The van der Waals surface area contributed by atoms with Crippen molar-refractivity contribution in [2.45, 2.75) is 13.3 Å². The quantitative estimate of drug-likeness (QED) is 0.250. The molecule has 0 amide bonds. The summed E-state index contributed by atoms with van der Waals surface area (Å²) < 4.78 is 4.99. The molecule has 1 heterocycles. The van der Waals surface area contributed by atoms with Crippen LogP contribution in [0.5, 0.6) is 0 Å². The predicted octanol–water partition coefficient (Wildman–Crippen LogP) is 0.352. The van der Waals surface area contributed by atoms with Gasteiger partial charge in [0.2, 0.25) is 5.95 Å². The molecule has 0 fully saturated rings. The number of nitrogens with two attached hydrogens (primary N) is 1. The van der Waals surface area contributed by atoms with Crippen LogP contribution in [0, 0.1) is 6.92 Å². The first-order valence-electron chi connectivity index (χ1n) is 5.62. The minimum absolute atomic E-state index is 0.0213. The number of oxime groups is 1. The van der Waals surface area contributed by atoms with E-state index in [4.69, 9.17) is 15.7 Å². The van der Waals surface area contributed by atoms with Crippen LogP contribution >= 0.6 is 0 Å². The van der Waals surface area contributed by atoms with Gasteiger partial charge in [-0.3, -0.25) is 0 Å². The Labute approximate surface area is 106 Å². The lowest BCUT2D eigenvalue weighted by Crippen LogP contribution is -2.24. The molecule has 0 radical (unpaired) electrons. The molecule has 0 unspecified atom stereocenters. The summed E-state index contributed by atoms with van der Waals surface area (Å²) in [5.74, 6) is 0.528. The van der Waals surface area contributed by atoms with Crippen LogP contribution in [0.15, 0.2) is 11.2 Å². The zero-order valence-corrected chi connectivity index (χ0v) is 10.9. The minimum atomic E-state index is -0.0213. The molecule has 0 bridgehead atoms. The van der Waals surface area contributed by atoms with E-state index in [9.17, 15) is 0 Å². The first kappa shape index (κ1) is 14.2. The Kier molecular flexibility index (Phi) is 5.31. The smallest absolute Gasteiger partial charge is 0.225 e. The molecule has 0 atom stereocenters. The molecule has 0 saturated heterocycles. The van der Waals surface area contributed by atoms with Crippen molar-refractivity contribution in [2.24, 2.45) is 10.9 Å². The average molecular weight is 253 g/mol. The molecule has 7 heteroatoms. The number of anilines is 1. The molecule has 0 aliphatic heterocycles. The van der Waals surface area contributed by atoms with Gasteiger partial charge in [-0.2, -0.15) is 0 Å². The van der Waals surface area contributed by atoms with E-state index in [0.717, 1.165) is 18.7 Å². The van der Waals surface area contributed by atoms with Crippen LogP contribution in [0.25, 0.3) is 0 Å². The minimum Gasteiger partial charge on any atom is -0.409 e. The molecule has 0 aliphatic rings. The molecule has 18 heavy (non-hydrogen) atoms. The molecule has 0 spiro atoms. The molecule has 3 N–H and O–H groups in total. The van der Waals surface area contributed by atoms with Gasteiger partial charge in [0.15, 0.2) is 5.84 Å². The molecule has 1 aromatic rings. The van der Waals surface area contributed by atoms with Gasteiger partial charge in [0.1, 0.15) is 5.69 Å². The number of aromatic nitrogens is 2. The average Bonchev–Trinajstić information content (AvgIpc) is 2.37. The van der Waals surface area contributed by atoms with Crippen molar-refractivity contribution in [1.29, 1.82) is 0 Å². The number of hydrogen-bond acceptors (Lipinski definition) is 6. The number of hydrogen-bond donors (Lipinski definition) is 2. The molecule has 0 aliphatic carbocycles. The Bertz CT molecular complexity index is 422. The van der Waals surface area contributed by atoms with Crippen LogP contribution in [0.2, 0.25) is 0 Å². The van der Waals surface area contributed by atoms with Gasteiger partial charge in [0.05, 0.1) is 0 Å². The van der Waals surface area contributed by atoms with Gasteiger partial charge in [0.25, 0.3) is 0 Å². The van der Waals surface area contributed by atoms with Crippen molar-refractivity contribution in [3.05, 3.63) is 17.5 Å². The standard InChI is InChI=1S/C11H19N5O2/c1-8-7-9(10(12)15-17)14-11(13-8)16(2)5-4-6-18-3/h7,17H,4-6H2,1-3H3,(H2,12,15). The van der Waals surface area contributed by atoms with E-state index in [1.807, 2.05) is 18.9 Å². The fourth-order valence-corrected chi connectivity index (χ4v) is 1.45. The number of rotatable bonds is 6. The fourth-order valence-electron chi connectivity index (χ4n) is 1.45. The molecule has 1 rings (SSSR count). The summed E-state index contributed by atoms with van der Waals surface area (Å²) in [6.45, 7) is 3.29. The van der Waals surface area contributed by atoms with Gasteiger partial charge in [-0.05, 0) is 19.4 Å². The first-order chi connectivity index (χ1) is 8.58. The van der Waals surface area contributed by atoms with Crippen LogP contribution in [0.1, 0.15) is 17.8 Å². The highest BCUT2D eigenvalue weighted by Crippen LogP contribution is 2.09. The number of methoxy groups -OCH3 is 1. The molecule has 100 valence electrons. The second-order valence-electron chi connectivity index (χ2n) is 3.95. The monoisotopic (exact) mass is 253 g/mol. The van der Waals surface area contributed by atoms with E-state index in [1.54, 1.807) is 13.2 Å². The maximum Gasteiger partial charge on any atom is 0.225 e. The van der Waals surface area contributed by atoms with E-state index in [1.165, 1.54) is 0 Å². The number of nitrogens with zero attached hydrogens (tertiary/aromatic N) is 4. The lowest BCUT2D eigenvalue weighted by molar-refractivity contribution is 0.196. The van der Waals surface area contributed by atoms with Gasteiger partial charge in [-0.1, -0.05) is 5.16 Å². The van der Waals surface area contributed by atoms with E-state index in [0.29, 0.717) is 18.2 Å². The molecule has 0 saturated carbocycles. The zero-order valence-electron chi connectivity index (χ0n) is 10.9. The topological polar surface area (TPSA) is 96.9 Å². The van der Waals surface area contributed by atoms with E-state index in [2.05, 4.69) is 15.1 Å². The predicted molar refractivity (Wildman–Crippen MR) is 69.0 cm³/mol. The Hall–Kier alpha value is -1.89. The second kappa shape index (κ2) is 6.75. The summed E-state index contributed by atoms with van der Waals surface area (Å²) in [4.78, 5) is 10.5. The van der Waals surface area contributed by atoms with Gasteiger partial charge < -0.3 is 20.6 Å². The molecule has 0 aromatic carbocycles. The molecular formula is C11H19N5O2. The zero-order chi connectivity index (χ0) is 13.5. The van der Waals surface area contributed by atoms with Crippen molar-refractivity contribution < 1.29 is 9.94 Å². The molecule has 7 nitrogen and oxygen atoms in total. The van der Waals surface area contributed by atoms with Gasteiger partial charge in [-0.25, -0.2) is 9.97 Å². The van der Waals surface area contributed by atoms with Gasteiger partial charge in [-0.15, -0.1) is 0 Å². The van der Waals surface area contributed by atoms with E-state index in [-0.39, 0.29) is 5.84 Å². The van der Waals surface area contributed by atoms with Crippen molar-refractivity contribution >= 4 is 11.8 Å². The van der Waals surface area contributed by atoms with Gasteiger partial charge >= 0.3 is 0 Å². The summed E-state index contributed by atoms with van der Waals surface area (Å²) >= 11 is 0. The summed E-state index contributed by atoms with van der Waals surface area (Å²) in [7, 11) is 3.56. The number of ether oxygens (including phenoxy) is 1. The van der Waals surface area contributed by atoms with Crippen LogP contribution in [0.3, 0.4) is 0 Å². The van der Waals surface area contributed by atoms with Crippen LogP contribution in [-0.4, -0.2) is 48.3 Å². The van der Waals surface area contributed by atoms with Crippen molar-refractivity contribution in [3.63, 3.8) is 0 Å². The van der Waals surface area contributed by atoms with Crippen molar-refractivity contribution in [1.82, 2.24) is 9.97 Å². The molecule has 1 aromatic heterocycles. The third-order valence-corrected chi connectivity index (χ3v) is 2.40. The third-order valence-electron chi connectivity index (χ3n) is 2.40. The van der Waals surface area contributed by atoms with Crippen molar-refractivity contribution in [3.8, 4) is 0 Å². The Morgan fingerprint density at radius 3 is 2.89 bits per heavy atom. The van der Waals surface area contributed by atoms with Crippen molar-refractivity contribution in [2.75, 3.05) is 32.2 Å². The SMILES string of the molecule is COCCCN(C)c1nc(C)cc(/C(N)=N/O)n1. The number of amidine groups is 1. The summed E-state index contributed by atoms with van der Waals surface area (Å²) in [6.07, 6.45) is 0.878. The third kappa shape index (κ3) is 3.85. The normalized spacial score (nSPS) is 11.6. The summed E-state index contributed by atoms with van der Waals surface area (Å²) in [5, 5.41) is 11.6. The van der Waals surface area contributed by atoms with E-state index >= 15 is 0 Å². The Morgan fingerprint density at radius 1 is 1.56 bits per heavy atom. The maximum absolute atomic E-state index is 8.65. The summed E-state index contributed by atoms with van der Waals surface area (Å²) in [6, 6.07) is 1.67. The van der Waals surface area contributed by atoms with E-state index < -0.39 is 0 Å². The van der Waals surface area contributed by atoms with Crippen LogP contribution < -0.4 is 10.6 Å². The lowest BCUT2D eigenvalue weighted by Gasteiger charge is -2.17. The van der Waals surface area contributed by atoms with Gasteiger partial charge in [0, 0.05) is 33.0 Å². The lowest BCUT2D eigenvalue weighted by atomic mass is 10.3. The largest absolute Gasteiger partial charge is 0.409 e. The Morgan fingerprint density at radius 2 is 2.28 bits per heavy atom. The fraction of sp³-hybridized carbons (Fsp3) is 0.545. The summed E-state index contributed by atoms with van der Waals surface area (Å²) in [5.41, 5.74) is 6.70. The second-order valence-corrected chi connectivity index (χ2v) is 3.95. The highest BCUT2D eigenvalue weighted by Gasteiger charge is 2.09. The van der Waals surface area contributed by atoms with Crippen LogP contribution in [-0.2, 0) is 4.74 Å².